The topological polar surface area (TPSA) is 201 Å². The maximum atomic E-state index is 14.0. The van der Waals surface area contributed by atoms with E-state index in [4.69, 9.17) is 0 Å². The summed E-state index contributed by atoms with van der Waals surface area (Å²) in [6.45, 7) is 14.2. The van der Waals surface area contributed by atoms with Crippen LogP contribution in [0.15, 0.2) is 341 Å². The molecule has 4 amide bonds. The molecule has 0 fully saturated rings. The maximum Gasteiger partial charge on any atom is 0.248 e. The number of carbonyl (C=O) groups excluding carboxylic acids is 4. The molecule has 0 saturated heterocycles. The monoisotopic (exact) mass is 1830 g/mol. The second kappa shape index (κ2) is 45.2. The lowest BCUT2D eigenvalue weighted by Gasteiger charge is -2.33. The van der Waals surface area contributed by atoms with Crippen molar-refractivity contribution in [1.82, 2.24) is 60.4 Å². The first-order chi connectivity index (χ1) is 67.3. The molecule has 4 aliphatic rings. The summed E-state index contributed by atoms with van der Waals surface area (Å²) in [4.78, 5) is 63.4. The van der Waals surface area contributed by atoms with Crippen LogP contribution in [-0.2, 0) is 98.7 Å². The van der Waals surface area contributed by atoms with E-state index < -0.39 is 0 Å². The summed E-state index contributed by atoms with van der Waals surface area (Å²) in [5.74, 6) is 0.413. The molecule has 4 aromatic heterocycles. The summed E-state index contributed by atoms with van der Waals surface area (Å²) in [6, 6.07) is 98.7. The number of fused-ring (bicyclic) bond motifs is 4. The Morgan fingerprint density at radius 3 is 0.696 bits per heavy atom. The number of benzene rings is 12. The lowest BCUT2D eigenvalue weighted by molar-refractivity contribution is -0.121. The normalized spacial score (nSPS) is 13.8. The fraction of sp³-hybridized carbons (Fsp3) is 0.254. The second-order valence-corrected chi connectivity index (χ2v) is 36.8. The third kappa shape index (κ3) is 23.8. The number of nitrogens with zero attached hydrogens (tertiary/aromatic N) is 12. The molecule has 0 spiro atoms. The van der Waals surface area contributed by atoms with E-state index in [1.165, 1.54) is 66.8 Å². The molecular formula is C118H124N16O4. The highest BCUT2D eigenvalue weighted by Gasteiger charge is 2.36. The number of amides is 4. The van der Waals surface area contributed by atoms with Crippen LogP contribution in [0.2, 0.25) is 0 Å². The van der Waals surface area contributed by atoms with Crippen molar-refractivity contribution < 1.29 is 19.2 Å². The molecule has 20 nitrogen and oxygen atoms in total. The smallest absolute Gasteiger partial charge is 0.248 e. The first kappa shape index (κ1) is 94.9. The van der Waals surface area contributed by atoms with E-state index in [2.05, 4.69) is 239 Å². The van der Waals surface area contributed by atoms with Gasteiger partial charge in [0, 0.05) is 150 Å². The molecule has 0 saturated carbocycles. The number of hydrogen-bond donors (Lipinski definition) is 4. The fourth-order valence-corrected chi connectivity index (χ4v) is 19.0. The molecule has 12 aromatic carbocycles. The molecule has 4 N–H and O–H groups in total. The number of rotatable bonds is 28. The zero-order chi connectivity index (χ0) is 95.4. The number of aryl methyl sites for hydroxylation is 10. The predicted octanol–water partition coefficient (Wildman–Crippen LogP) is 20.2. The molecule has 4 aliphatic heterocycles. The van der Waals surface area contributed by atoms with E-state index in [-0.39, 0.29) is 47.8 Å². The van der Waals surface area contributed by atoms with Crippen molar-refractivity contribution in [3.05, 3.63) is 430 Å². The summed E-state index contributed by atoms with van der Waals surface area (Å²) in [5, 5.41) is 31.4. The highest BCUT2D eigenvalue weighted by atomic mass is 16.2. The minimum Gasteiger partial charge on any atom is -0.310 e. The van der Waals surface area contributed by atoms with Crippen LogP contribution in [0.1, 0.15) is 126 Å². The predicted molar refractivity (Wildman–Crippen MR) is 556 cm³/mol. The number of nitrogens with one attached hydrogen (secondary N) is 4. The van der Waals surface area contributed by atoms with Gasteiger partial charge >= 0.3 is 0 Å². The van der Waals surface area contributed by atoms with E-state index in [1.807, 2.05) is 237 Å². The van der Waals surface area contributed by atoms with Gasteiger partial charge in [-0.2, -0.15) is 20.4 Å². The van der Waals surface area contributed by atoms with Crippen molar-refractivity contribution in [3.8, 4) is 44.5 Å². The van der Waals surface area contributed by atoms with Gasteiger partial charge in [0.15, 0.2) is 0 Å². The lowest BCUT2D eigenvalue weighted by Crippen LogP contribution is -2.44. The molecule has 20 heteroatoms. The molecule has 8 heterocycles. The third-order valence-electron chi connectivity index (χ3n) is 26.6. The SMILES string of the molecule is Cc1ccc(CCN[C@@H](C(=O)N2CCCc3cc(-c4cnn(C)c4)ccc32)c2ccccc2)cc1.Cc1ccc(CCN[C@@H](C(=O)N2CCc3cc(-c4cnn(C)c4)ccc32)c2ccccc2)cc1.Cc1ccc(CCN[C@H](C(=O)N2CCCc3cc(-c4cnn(C)c4)ccc32)c2ccccc2)cc1.Cc1ccc(CCN[C@H](C(=O)N2CCc3cc(-c4cnn(C)c4)ccc32)c2ccccc2)cc1. The van der Waals surface area contributed by atoms with Crippen molar-refractivity contribution in [2.45, 2.75) is 116 Å². The zero-order valence-corrected chi connectivity index (χ0v) is 80.4. The van der Waals surface area contributed by atoms with Crippen molar-refractivity contribution in [2.24, 2.45) is 28.2 Å². The van der Waals surface area contributed by atoms with Crippen molar-refractivity contribution in [1.29, 1.82) is 0 Å². The van der Waals surface area contributed by atoms with Gasteiger partial charge in [0.05, 0.1) is 24.8 Å². The van der Waals surface area contributed by atoms with Crippen LogP contribution in [0.3, 0.4) is 0 Å². The Balaban J connectivity index is 0.000000127. The van der Waals surface area contributed by atoms with Gasteiger partial charge in [-0.3, -0.25) is 37.9 Å². The van der Waals surface area contributed by atoms with E-state index in [1.54, 1.807) is 0 Å². The number of carbonyl (C=O) groups is 4. The van der Waals surface area contributed by atoms with Crippen LogP contribution >= 0.6 is 0 Å². The zero-order valence-electron chi connectivity index (χ0n) is 80.4. The van der Waals surface area contributed by atoms with E-state index in [0.717, 1.165) is 193 Å². The molecule has 0 bridgehead atoms. The Hall–Kier alpha value is -14.8. The minimum absolute atomic E-state index is 0.1000. The summed E-state index contributed by atoms with van der Waals surface area (Å²) < 4.78 is 7.25. The molecule has 0 radical (unpaired) electrons. The Morgan fingerprint density at radius 2 is 0.478 bits per heavy atom. The summed E-state index contributed by atoms with van der Waals surface area (Å²) >= 11 is 0. The van der Waals surface area contributed by atoms with Gasteiger partial charge in [-0.25, -0.2) is 0 Å². The first-order valence-corrected chi connectivity index (χ1v) is 48.4. The lowest BCUT2D eigenvalue weighted by atomic mass is 9.96. The van der Waals surface area contributed by atoms with Gasteiger partial charge in [-0.15, -0.1) is 0 Å². The fourth-order valence-electron chi connectivity index (χ4n) is 19.0. The van der Waals surface area contributed by atoms with Gasteiger partial charge in [0.2, 0.25) is 23.6 Å². The van der Waals surface area contributed by atoms with Gasteiger partial charge in [0.25, 0.3) is 0 Å². The summed E-state index contributed by atoms with van der Waals surface area (Å²) in [5.41, 5.74) is 32.0. The highest BCUT2D eigenvalue weighted by Crippen LogP contribution is 2.40. The first-order valence-electron chi connectivity index (χ1n) is 48.4. The molecule has 4 atom stereocenters. The molecule has 0 unspecified atom stereocenters. The van der Waals surface area contributed by atoms with E-state index in [9.17, 15) is 19.2 Å². The average molecular weight is 1830 g/mol. The van der Waals surface area contributed by atoms with Crippen LogP contribution in [0.5, 0.6) is 0 Å². The molecule has 138 heavy (non-hydrogen) atoms. The van der Waals surface area contributed by atoms with Crippen LogP contribution in [0.25, 0.3) is 44.5 Å². The third-order valence-corrected chi connectivity index (χ3v) is 26.6. The number of hydrogen-bond acceptors (Lipinski definition) is 12. The molecule has 20 rings (SSSR count). The van der Waals surface area contributed by atoms with Gasteiger partial charge in [0.1, 0.15) is 24.2 Å². The average Bonchev–Trinajstić information content (AvgIpc) is 1.18. The standard InChI is InChI=1S/2C30H32N4O.2C29H30N4O/c2*1-22-10-12-23(13-11-22)16-17-31-29(24-7-4-3-5-8-24)30(35)34-18-6-9-26-19-25(14-15-28(26)34)27-20-32-33(2)21-27;2*1-21-8-10-22(11-9-21)14-16-30-28(23-6-4-3-5-7-23)29(34)33-17-15-25-18-24(12-13-27(25)33)26-19-31-32(2)20-26/h2*3-5,7-8,10-15,19-21,29,31H,6,9,16-18H2,1-2H3;2*3-13,18-20,28,30H,14-17H2,1-2H3/t2*29-;2*28-/m1010/s1. The molecule has 16 aromatic rings. The number of anilines is 4. The summed E-state index contributed by atoms with van der Waals surface area (Å²) in [6.07, 6.45) is 24.7. The van der Waals surface area contributed by atoms with Crippen molar-refractivity contribution >= 4 is 46.4 Å². The molecule has 700 valence electrons. The van der Waals surface area contributed by atoms with Crippen LogP contribution in [0, 0.1) is 27.7 Å². The van der Waals surface area contributed by atoms with E-state index >= 15 is 0 Å². The van der Waals surface area contributed by atoms with Crippen LogP contribution in [0.4, 0.5) is 22.7 Å². The van der Waals surface area contributed by atoms with Gasteiger partial charge < -0.3 is 40.9 Å². The van der Waals surface area contributed by atoms with Crippen molar-refractivity contribution in [2.75, 3.05) is 72.0 Å². The quantitative estimate of drug-likeness (QED) is 0.0362. The Morgan fingerprint density at radius 1 is 0.261 bits per heavy atom. The Labute approximate surface area is 811 Å². The van der Waals surface area contributed by atoms with Gasteiger partial charge in [-0.1, -0.05) is 265 Å². The van der Waals surface area contributed by atoms with Gasteiger partial charge in [-0.05, 0) is 229 Å². The Kier molecular flexibility index (Phi) is 31.1. The van der Waals surface area contributed by atoms with Crippen LogP contribution < -0.4 is 40.9 Å². The largest absolute Gasteiger partial charge is 0.310 e. The molecular weight excluding hydrogens is 1710 g/mol. The van der Waals surface area contributed by atoms with Crippen LogP contribution in [-0.4, -0.2) is 115 Å². The minimum atomic E-state index is -0.384. The Bertz CT molecular complexity index is 6360. The van der Waals surface area contributed by atoms with E-state index in [0.29, 0.717) is 13.1 Å². The number of aromatic nitrogens is 8. The van der Waals surface area contributed by atoms with Crippen molar-refractivity contribution in [3.63, 3.8) is 0 Å². The summed E-state index contributed by atoms with van der Waals surface area (Å²) in [7, 11) is 7.70. The molecule has 0 aliphatic carbocycles. The highest BCUT2D eigenvalue weighted by molar-refractivity contribution is 6.02. The second-order valence-electron chi connectivity index (χ2n) is 36.8. The maximum absolute atomic E-state index is 14.0.